The van der Waals surface area contributed by atoms with Crippen LogP contribution in [0.5, 0.6) is 0 Å². The Balaban J connectivity index is 1.72. The van der Waals surface area contributed by atoms with Crippen molar-refractivity contribution in [2.75, 3.05) is 6.61 Å². The molecule has 0 radical (unpaired) electrons. The standard InChI is InChI=1S/C18H17FN6O2S/c1-3-14(17(26)27-4-2)28-18-23-22-16-13-9-21-25(15(13)20-10-24(16)18)12-7-5-11(19)6-8-12/h5-10,14H,3-4H2,1-2H3/t14-/m1/s1. The smallest absolute Gasteiger partial charge is 0.319 e. The Morgan fingerprint density at radius 3 is 2.71 bits per heavy atom. The van der Waals surface area contributed by atoms with Crippen molar-refractivity contribution in [3.05, 3.63) is 42.6 Å². The maximum atomic E-state index is 13.2. The van der Waals surface area contributed by atoms with Crippen molar-refractivity contribution in [1.82, 2.24) is 29.4 Å². The molecular formula is C18H17FN6O2S. The number of carbonyl (C=O) groups excluding carboxylic acids is 1. The highest BCUT2D eigenvalue weighted by Gasteiger charge is 2.23. The average molecular weight is 400 g/mol. The van der Waals surface area contributed by atoms with E-state index in [1.807, 2.05) is 6.92 Å². The highest BCUT2D eigenvalue weighted by molar-refractivity contribution is 8.00. The summed E-state index contributed by atoms with van der Waals surface area (Å²) in [4.78, 5) is 16.6. The summed E-state index contributed by atoms with van der Waals surface area (Å²) in [6.07, 6.45) is 3.85. The van der Waals surface area contributed by atoms with Crippen LogP contribution in [0, 0.1) is 5.82 Å². The van der Waals surface area contributed by atoms with E-state index in [1.165, 1.54) is 23.9 Å². The van der Waals surface area contributed by atoms with E-state index in [2.05, 4.69) is 20.3 Å². The van der Waals surface area contributed by atoms with Crippen molar-refractivity contribution in [2.24, 2.45) is 0 Å². The Morgan fingerprint density at radius 2 is 2.00 bits per heavy atom. The van der Waals surface area contributed by atoms with Gasteiger partial charge < -0.3 is 4.74 Å². The van der Waals surface area contributed by atoms with Crippen LogP contribution in [-0.4, -0.2) is 47.2 Å². The molecule has 1 aromatic carbocycles. The second-order valence-electron chi connectivity index (χ2n) is 5.96. The summed E-state index contributed by atoms with van der Waals surface area (Å²) >= 11 is 1.29. The van der Waals surface area contributed by atoms with Crippen LogP contribution in [-0.2, 0) is 9.53 Å². The summed E-state index contributed by atoms with van der Waals surface area (Å²) in [5.74, 6) is -0.591. The fourth-order valence-corrected chi connectivity index (χ4v) is 3.73. The van der Waals surface area contributed by atoms with Gasteiger partial charge in [0.25, 0.3) is 0 Å². The maximum absolute atomic E-state index is 13.2. The molecule has 0 amide bonds. The minimum Gasteiger partial charge on any atom is -0.465 e. The SMILES string of the molecule is CCOC(=O)[C@@H](CC)Sc1nnc2c3cnn(-c4ccc(F)cc4)c3ncn12. The van der Waals surface area contributed by atoms with Crippen molar-refractivity contribution in [3.63, 3.8) is 0 Å². The maximum Gasteiger partial charge on any atom is 0.319 e. The van der Waals surface area contributed by atoms with Crippen LogP contribution in [0.15, 0.2) is 41.9 Å². The number of carbonyl (C=O) groups is 1. The van der Waals surface area contributed by atoms with E-state index in [9.17, 15) is 9.18 Å². The molecule has 0 aliphatic rings. The summed E-state index contributed by atoms with van der Waals surface area (Å²) in [7, 11) is 0. The molecule has 4 rings (SSSR count). The van der Waals surface area contributed by atoms with Gasteiger partial charge in [0.2, 0.25) is 0 Å². The summed E-state index contributed by atoms with van der Waals surface area (Å²) in [6, 6.07) is 5.99. The highest BCUT2D eigenvalue weighted by atomic mass is 32.2. The molecule has 0 fully saturated rings. The molecule has 0 saturated carbocycles. The van der Waals surface area contributed by atoms with Gasteiger partial charge in [0.15, 0.2) is 16.5 Å². The number of hydrogen-bond acceptors (Lipinski definition) is 7. The average Bonchev–Trinajstić information content (AvgIpc) is 3.30. The Bertz CT molecular complexity index is 1140. The van der Waals surface area contributed by atoms with Gasteiger partial charge >= 0.3 is 5.97 Å². The van der Waals surface area contributed by atoms with Gasteiger partial charge in [-0.05, 0) is 37.6 Å². The second-order valence-corrected chi connectivity index (χ2v) is 7.13. The van der Waals surface area contributed by atoms with Crippen LogP contribution in [0.2, 0.25) is 0 Å². The fourth-order valence-electron chi connectivity index (χ4n) is 2.81. The normalized spacial score (nSPS) is 12.5. The molecule has 0 saturated heterocycles. The van der Waals surface area contributed by atoms with Crippen molar-refractivity contribution in [3.8, 4) is 5.69 Å². The molecule has 0 bridgehead atoms. The molecule has 0 aliphatic heterocycles. The summed E-state index contributed by atoms with van der Waals surface area (Å²) < 4.78 is 21.6. The van der Waals surface area contributed by atoms with Gasteiger partial charge in [0, 0.05) is 0 Å². The molecule has 0 aliphatic carbocycles. The van der Waals surface area contributed by atoms with Crippen molar-refractivity contribution >= 4 is 34.4 Å². The van der Waals surface area contributed by atoms with Gasteiger partial charge in [-0.2, -0.15) is 5.10 Å². The number of aromatic nitrogens is 6. The molecule has 4 aromatic rings. The van der Waals surface area contributed by atoms with E-state index in [-0.39, 0.29) is 17.0 Å². The minimum absolute atomic E-state index is 0.273. The van der Waals surface area contributed by atoms with Crippen LogP contribution in [0.1, 0.15) is 20.3 Å². The Kier molecular flexibility index (Phi) is 4.95. The first-order valence-electron chi connectivity index (χ1n) is 8.79. The van der Waals surface area contributed by atoms with Crippen LogP contribution in [0.4, 0.5) is 4.39 Å². The van der Waals surface area contributed by atoms with Crippen molar-refractivity contribution in [1.29, 1.82) is 0 Å². The summed E-state index contributed by atoms with van der Waals surface area (Å²) in [5.41, 5.74) is 1.86. The predicted molar refractivity (Wildman–Crippen MR) is 102 cm³/mol. The van der Waals surface area contributed by atoms with E-state index in [0.29, 0.717) is 40.6 Å². The topological polar surface area (TPSA) is 87.2 Å². The number of esters is 1. The zero-order chi connectivity index (χ0) is 19.7. The number of benzene rings is 1. The lowest BCUT2D eigenvalue weighted by molar-refractivity contribution is -0.142. The quantitative estimate of drug-likeness (QED) is 0.363. The van der Waals surface area contributed by atoms with Crippen LogP contribution < -0.4 is 0 Å². The fraction of sp³-hybridized carbons (Fsp3) is 0.278. The number of hydrogen-bond donors (Lipinski definition) is 0. The molecule has 0 N–H and O–H groups in total. The van der Waals surface area contributed by atoms with E-state index in [1.54, 1.807) is 40.7 Å². The lowest BCUT2D eigenvalue weighted by atomic mass is 10.3. The first kappa shape index (κ1) is 18.4. The van der Waals surface area contributed by atoms with E-state index >= 15 is 0 Å². The lowest BCUT2D eigenvalue weighted by Crippen LogP contribution is -2.19. The number of nitrogens with zero attached hydrogens (tertiary/aromatic N) is 6. The van der Waals surface area contributed by atoms with E-state index in [4.69, 9.17) is 4.74 Å². The summed E-state index contributed by atoms with van der Waals surface area (Å²) in [5, 5.41) is 13.7. The zero-order valence-corrected chi connectivity index (χ0v) is 16.1. The van der Waals surface area contributed by atoms with Crippen LogP contribution in [0.25, 0.3) is 22.4 Å². The molecule has 28 heavy (non-hydrogen) atoms. The first-order chi connectivity index (χ1) is 13.6. The van der Waals surface area contributed by atoms with Crippen LogP contribution >= 0.6 is 11.8 Å². The number of rotatable bonds is 6. The van der Waals surface area contributed by atoms with E-state index < -0.39 is 0 Å². The van der Waals surface area contributed by atoms with Gasteiger partial charge in [-0.25, -0.2) is 14.1 Å². The monoisotopic (exact) mass is 400 g/mol. The number of fused-ring (bicyclic) bond motifs is 3. The predicted octanol–water partition coefficient (Wildman–Crippen LogP) is 3.04. The second kappa shape index (κ2) is 7.55. The third kappa shape index (κ3) is 3.19. The minimum atomic E-state index is -0.370. The van der Waals surface area contributed by atoms with Gasteiger partial charge in [-0.3, -0.25) is 9.20 Å². The highest BCUT2D eigenvalue weighted by Crippen LogP contribution is 2.27. The van der Waals surface area contributed by atoms with Gasteiger partial charge in [0.05, 0.1) is 23.9 Å². The molecule has 8 nitrogen and oxygen atoms in total. The molecule has 144 valence electrons. The van der Waals surface area contributed by atoms with Gasteiger partial charge in [-0.1, -0.05) is 18.7 Å². The lowest BCUT2D eigenvalue weighted by Gasteiger charge is -2.11. The third-order valence-electron chi connectivity index (χ3n) is 4.18. The molecule has 3 aromatic heterocycles. The molecule has 1 atom stereocenters. The van der Waals surface area contributed by atoms with Gasteiger partial charge in [-0.15, -0.1) is 10.2 Å². The Labute approximate surface area is 163 Å². The van der Waals surface area contributed by atoms with Crippen molar-refractivity contribution in [2.45, 2.75) is 30.7 Å². The van der Waals surface area contributed by atoms with E-state index in [0.717, 1.165) is 0 Å². The molecule has 0 unspecified atom stereocenters. The summed E-state index contributed by atoms with van der Waals surface area (Å²) in [6.45, 7) is 4.03. The number of halogens is 1. The first-order valence-corrected chi connectivity index (χ1v) is 9.67. The number of thioether (sulfide) groups is 1. The van der Waals surface area contributed by atoms with Crippen LogP contribution in [0.3, 0.4) is 0 Å². The number of ether oxygens (including phenoxy) is 1. The third-order valence-corrected chi connectivity index (χ3v) is 5.48. The molecular weight excluding hydrogens is 383 g/mol. The van der Waals surface area contributed by atoms with Gasteiger partial charge in [0.1, 0.15) is 17.4 Å². The molecule has 0 spiro atoms. The van der Waals surface area contributed by atoms with Crippen molar-refractivity contribution < 1.29 is 13.9 Å². The zero-order valence-electron chi connectivity index (χ0n) is 15.2. The Morgan fingerprint density at radius 1 is 1.21 bits per heavy atom. The Hall–Kier alpha value is -3.01. The largest absolute Gasteiger partial charge is 0.465 e. The molecule has 10 heteroatoms. The molecule has 3 heterocycles.